The molecule has 1 saturated heterocycles. The summed E-state index contributed by atoms with van der Waals surface area (Å²) in [6, 6.07) is 6.58. The molecule has 158 valence electrons. The average Bonchev–Trinajstić information content (AvgIpc) is 3.26. The van der Waals surface area contributed by atoms with E-state index in [2.05, 4.69) is 50.2 Å². The van der Waals surface area contributed by atoms with Gasteiger partial charge in [-0.3, -0.25) is 4.79 Å². The summed E-state index contributed by atoms with van der Waals surface area (Å²) in [4.78, 5) is 22.5. The molecule has 0 saturated carbocycles. The van der Waals surface area contributed by atoms with Gasteiger partial charge in [-0.2, -0.15) is 5.10 Å². The smallest absolute Gasteiger partial charge is 0.254 e. The molecule has 1 N–H and O–H groups in total. The lowest BCUT2D eigenvalue weighted by Gasteiger charge is -2.32. The number of nitrogens with one attached hydrogen (secondary N) is 1. The molecule has 1 unspecified atom stereocenters. The first kappa shape index (κ1) is 23.6. The topological polar surface area (TPSA) is 63.1 Å². The highest BCUT2D eigenvalue weighted by molar-refractivity contribution is 7.15. The number of rotatable bonds is 3. The Bertz CT molecular complexity index is 1000. The Morgan fingerprint density at radius 3 is 2.69 bits per heavy atom. The van der Waals surface area contributed by atoms with E-state index in [1.807, 2.05) is 15.6 Å². The third-order valence-corrected chi connectivity index (χ3v) is 5.96. The van der Waals surface area contributed by atoms with Gasteiger partial charge in [0.15, 0.2) is 5.65 Å². The lowest BCUT2D eigenvalue weighted by atomic mass is 10.1. The molecule has 9 heteroatoms. The van der Waals surface area contributed by atoms with Gasteiger partial charge in [-0.1, -0.05) is 0 Å². The lowest BCUT2D eigenvalue weighted by molar-refractivity contribution is 0.0711. The Morgan fingerprint density at radius 1 is 1.31 bits per heavy atom. The molecule has 1 aliphatic rings. The number of thiophene rings is 1. The first-order chi connectivity index (χ1) is 12.9. The van der Waals surface area contributed by atoms with Gasteiger partial charge in [-0.05, 0) is 45.9 Å². The molecule has 0 radical (unpaired) electrons. The summed E-state index contributed by atoms with van der Waals surface area (Å²) in [5.74, 6) is 0.0635. The molecule has 1 fully saturated rings. The lowest BCUT2D eigenvalue weighted by Crippen LogP contribution is -2.51. The van der Waals surface area contributed by atoms with Gasteiger partial charge < -0.3 is 10.2 Å². The number of aromatic nitrogens is 3. The van der Waals surface area contributed by atoms with Crippen molar-refractivity contribution in [3.8, 4) is 10.6 Å². The maximum absolute atomic E-state index is 13.4. The van der Waals surface area contributed by atoms with Crippen LogP contribution in [0, 0.1) is 6.92 Å². The molecule has 6 nitrogen and oxygen atoms in total. The maximum Gasteiger partial charge on any atom is 0.254 e. The van der Waals surface area contributed by atoms with Crippen molar-refractivity contribution in [2.45, 2.75) is 39.8 Å². The number of pyridine rings is 1. The number of hydrogen-bond acceptors (Lipinski definition) is 5. The number of carbonyl (C=O) groups excluding carboxylic acids is 1. The van der Waals surface area contributed by atoms with Crippen molar-refractivity contribution < 1.29 is 4.79 Å². The minimum Gasteiger partial charge on any atom is -0.336 e. The van der Waals surface area contributed by atoms with E-state index in [1.54, 1.807) is 17.5 Å². The SMILES string of the molecule is Cc1ccc(-c2cc(C(=O)N3CCNC(C)C3)c3cnn(C(C)C)c3n2)s1.Cl.Cl. The molecular formula is C20H27Cl2N5OS. The van der Waals surface area contributed by atoms with Gasteiger partial charge in [-0.25, -0.2) is 9.67 Å². The fourth-order valence-electron chi connectivity index (χ4n) is 3.56. The number of amides is 1. The second-order valence-electron chi connectivity index (χ2n) is 7.49. The van der Waals surface area contributed by atoms with E-state index < -0.39 is 0 Å². The van der Waals surface area contributed by atoms with Gasteiger partial charge in [0.25, 0.3) is 5.91 Å². The number of aryl methyl sites for hydroxylation is 1. The molecular weight excluding hydrogens is 429 g/mol. The van der Waals surface area contributed by atoms with Crippen LogP contribution >= 0.6 is 36.2 Å². The number of carbonyl (C=O) groups is 1. The van der Waals surface area contributed by atoms with E-state index in [-0.39, 0.29) is 36.8 Å². The van der Waals surface area contributed by atoms with Gasteiger partial charge in [0, 0.05) is 36.6 Å². The number of fused-ring (bicyclic) bond motifs is 1. The van der Waals surface area contributed by atoms with E-state index in [0.717, 1.165) is 34.7 Å². The zero-order valence-electron chi connectivity index (χ0n) is 17.0. The van der Waals surface area contributed by atoms with Gasteiger partial charge in [-0.15, -0.1) is 36.2 Å². The summed E-state index contributed by atoms with van der Waals surface area (Å²) in [5.41, 5.74) is 2.32. The molecule has 4 heterocycles. The molecule has 1 aliphatic heterocycles. The fraction of sp³-hybridized carbons (Fsp3) is 0.450. The van der Waals surface area contributed by atoms with E-state index in [9.17, 15) is 4.79 Å². The van der Waals surface area contributed by atoms with Crippen LogP contribution in [0.25, 0.3) is 21.6 Å². The second kappa shape index (κ2) is 9.43. The van der Waals surface area contributed by atoms with E-state index in [1.165, 1.54) is 4.88 Å². The van der Waals surface area contributed by atoms with Crippen molar-refractivity contribution in [1.29, 1.82) is 0 Å². The number of piperazine rings is 1. The van der Waals surface area contributed by atoms with Crippen LogP contribution in [0.5, 0.6) is 0 Å². The van der Waals surface area contributed by atoms with Crippen LogP contribution in [-0.2, 0) is 0 Å². The molecule has 1 atom stereocenters. The van der Waals surface area contributed by atoms with Crippen molar-refractivity contribution in [3.63, 3.8) is 0 Å². The third-order valence-electron chi connectivity index (χ3n) is 4.94. The van der Waals surface area contributed by atoms with Gasteiger partial charge in [0.1, 0.15) is 0 Å². The van der Waals surface area contributed by atoms with Crippen molar-refractivity contribution in [3.05, 3.63) is 34.8 Å². The molecule has 4 rings (SSSR count). The Hall–Kier alpha value is -1.67. The summed E-state index contributed by atoms with van der Waals surface area (Å²) in [5, 5.41) is 8.74. The molecule has 0 aliphatic carbocycles. The Balaban J connectivity index is 0.00000150. The highest BCUT2D eigenvalue weighted by Crippen LogP contribution is 2.31. The standard InChI is InChI=1S/C20H25N5OS.2ClH/c1-12(2)25-19-16(10-22-25)15(20(26)24-8-7-21-13(3)11-24)9-17(23-19)18-6-5-14(4)27-18;;/h5-6,9-10,12-13,21H,7-8,11H2,1-4H3;2*1H. The second-order valence-corrected chi connectivity index (χ2v) is 8.78. The molecule has 1 amide bonds. The molecule has 0 spiro atoms. The van der Waals surface area contributed by atoms with Crippen LogP contribution in [0.3, 0.4) is 0 Å². The van der Waals surface area contributed by atoms with Gasteiger partial charge in [0.2, 0.25) is 0 Å². The van der Waals surface area contributed by atoms with E-state index in [4.69, 9.17) is 4.98 Å². The summed E-state index contributed by atoms with van der Waals surface area (Å²) in [6.07, 6.45) is 1.78. The Labute approximate surface area is 187 Å². The van der Waals surface area contributed by atoms with E-state index in [0.29, 0.717) is 18.2 Å². The predicted molar refractivity (Wildman–Crippen MR) is 124 cm³/mol. The Morgan fingerprint density at radius 2 is 2.07 bits per heavy atom. The highest BCUT2D eigenvalue weighted by Gasteiger charge is 2.25. The predicted octanol–water partition coefficient (Wildman–Crippen LogP) is 4.33. The molecule has 0 bridgehead atoms. The van der Waals surface area contributed by atoms with Crippen LogP contribution in [0.4, 0.5) is 0 Å². The van der Waals surface area contributed by atoms with Crippen molar-refractivity contribution >= 4 is 53.1 Å². The first-order valence-electron chi connectivity index (χ1n) is 9.41. The Kier molecular flexibility index (Phi) is 7.67. The molecule has 3 aromatic heterocycles. The summed E-state index contributed by atoms with van der Waals surface area (Å²) in [7, 11) is 0. The molecule has 0 aromatic carbocycles. The van der Waals surface area contributed by atoms with Crippen LogP contribution in [0.2, 0.25) is 0 Å². The fourth-order valence-corrected chi connectivity index (χ4v) is 4.39. The summed E-state index contributed by atoms with van der Waals surface area (Å²) < 4.78 is 1.90. The molecule has 29 heavy (non-hydrogen) atoms. The van der Waals surface area contributed by atoms with Gasteiger partial charge in [0.05, 0.1) is 27.7 Å². The zero-order chi connectivity index (χ0) is 19.1. The van der Waals surface area contributed by atoms with Crippen LogP contribution in [-0.4, -0.2) is 51.2 Å². The van der Waals surface area contributed by atoms with Crippen molar-refractivity contribution in [2.75, 3.05) is 19.6 Å². The summed E-state index contributed by atoms with van der Waals surface area (Å²) >= 11 is 1.70. The quantitative estimate of drug-likeness (QED) is 0.638. The number of halogens is 2. The van der Waals surface area contributed by atoms with Crippen molar-refractivity contribution in [2.24, 2.45) is 0 Å². The zero-order valence-corrected chi connectivity index (χ0v) is 19.5. The number of nitrogens with zero attached hydrogens (tertiary/aromatic N) is 4. The van der Waals surface area contributed by atoms with Crippen LogP contribution in [0.15, 0.2) is 24.4 Å². The van der Waals surface area contributed by atoms with Crippen LogP contribution in [0.1, 0.15) is 42.0 Å². The number of hydrogen-bond donors (Lipinski definition) is 1. The van der Waals surface area contributed by atoms with E-state index >= 15 is 0 Å². The van der Waals surface area contributed by atoms with Crippen molar-refractivity contribution in [1.82, 2.24) is 25.0 Å². The monoisotopic (exact) mass is 455 g/mol. The van der Waals surface area contributed by atoms with Crippen LogP contribution < -0.4 is 5.32 Å². The normalized spacial score (nSPS) is 16.6. The molecule has 3 aromatic rings. The first-order valence-corrected chi connectivity index (χ1v) is 10.2. The minimum absolute atomic E-state index is 0. The van der Waals surface area contributed by atoms with Gasteiger partial charge >= 0.3 is 0 Å². The minimum atomic E-state index is 0. The maximum atomic E-state index is 13.4. The third kappa shape index (κ3) is 4.58. The average molecular weight is 456 g/mol. The summed E-state index contributed by atoms with van der Waals surface area (Å²) in [6.45, 7) is 10.6. The largest absolute Gasteiger partial charge is 0.336 e. The highest BCUT2D eigenvalue weighted by atomic mass is 35.5.